The van der Waals surface area contributed by atoms with Gasteiger partial charge in [-0.3, -0.25) is 14.9 Å². The van der Waals surface area contributed by atoms with Crippen molar-refractivity contribution >= 4 is 5.91 Å². The summed E-state index contributed by atoms with van der Waals surface area (Å²) in [5, 5.41) is 6.46. The molecule has 0 radical (unpaired) electrons. The standard InChI is InChI=1S/C9H8N4O/c10-9(14)8-7(2-1-3-11-8)6-4-12-13-5-6/h1-5H,(H2,10,14)(H,12,13). The Bertz CT molecular complexity index is 450. The van der Waals surface area contributed by atoms with E-state index < -0.39 is 5.91 Å². The van der Waals surface area contributed by atoms with E-state index in [0.29, 0.717) is 5.56 Å². The molecular weight excluding hydrogens is 180 g/mol. The zero-order chi connectivity index (χ0) is 9.97. The zero-order valence-corrected chi connectivity index (χ0v) is 7.27. The largest absolute Gasteiger partial charge is 0.364 e. The molecule has 0 bridgehead atoms. The molecule has 2 aromatic heterocycles. The number of primary amides is 1. The van der Waals surface area contributed by atoms with E-state index in [1.807, 2.05) is 0 Å². The van der Waals surface area contributed by atoms with Crippen LogP contribution in [0, 0.1) is 0 Å². The van der Waals surface area contributed by atoms with Gasteiger partial charge >= 0.3 is 0 Å². The summed E-state index contributed by atoms with van der Waals surface area (Å²) < 4.78 is 0. The summed E-state index contributed by atoms with van der Waals surface area (Å²) in [6.45, 7) is 0. The highest BCUT2D eigenvalue weighted by Crippen LogP contribution is 2.19. The second-order valence-electron chi connectivity index (χ2n) is 2.75. The molecule has 2 heterocycles. The number of aromatic amines is 1. The van der Waals surface area contributed by atoms with Gasteiger partial charge in [-0.05, 0) is 6.07 Å². The van der Waals surface area contributed by atoms with Gasteiger partial charge in [0.15, 0.2) is 0 Å². The first-order chi connectivity index (χ1) is 6.79. The lowest BCUT2D eigenvalue weighted by atomic mass is 10.1. The van der Waals surface area contributed by atoms with Gasteiger partial charge in [0.1, 0.15) is 5.69 Å². The number of H-pyrrole nitrogens is 1. The van der Waals surface area contributed by atoms with Crippen LogP contribution in [0.4, 0.5) is 0 Å². The lowest BCUT2D eigenvalue weighted by Gasteiger charge is -2.01. The molecule has 5 nitrogen and oxygen atoms in total. The molecule has 14 heavy (non-hydrogen) atoms. The van der Waals surface area contributed by atoms with E-state index in [1.165, 1.54) is 6.20 Å². The molecule has 0 unspecified atom stereocenters. The van der Waals surface area contributed by atoms with E-state index in [4.69, 9.17) is 5.73 Å². The summed E-state index contributed by atoms with van der Waals surface area (Å²) in [6, 6.07) is 3.52. The van der Waals surface area contributed by atoms with Gasteiger partial charge in [-0.1, -0.05) is 6.07 Å². The number of pyridine rings is 1. The molecule has 0 aliphatic heterocycles. The first-order valence-electron chi connectivity index (χ1n) is 4.03. The van der Waals surface area contributed by atoms with Crippen LogP contribution in [0.5, 0.6) is 0 Å². The molecule has 2 aromatic rings. The van der Waals surface area contributed by atoms with E-state index in [9.17, 15) is 4.79 Å². The number of carbonyl (C=O) groups is 1. The van der Waals surface area contributed by atoms with Gasteiger partial charge in [-0.2, -0.15) is 5.10 Å². The lowest BCUT2D eigenvalue weighted by Crippen LogP contribution is -2.14. The average Bonchev–Trinajstić information content (AvgIpc) is 2.70. The maximum Gasteiger partial charge on any atom is 0.267 e. The third kappa shape index (κ3) is 1.35. The van der Waals surface area contributed by atoms with E-state index in [1.54, 1.807) is 24.5 Å². The van der Waals surface area contributed by atoms with Crippen molar-refractivity contribution in [3.8, 4) is 11.1 Å². The van der Waals surface area contributed by atoms with Gasteiger partial charge in [0, 0.05) is 23.5 Å². The fourth-order valence-corrected chi connectivity index (χ4v) is 1.23. The Morgan fingerprint density at radius 1 is 1.50 bits per heavy atom. The normalized spacial score (nSPS) is 10.0. The third-order valence-electron chi connectivity index (χ3n) is 1.85. The quantitative estimate of drug-likeness (QED) is 0.722. The van der Waals surface area contributed by atoms with Gasteiger partial charge in [0.25, 0.3) is 5.91 Å². The van der Waals surface area contributed by atoms with Crippen LogP contribution in [0.3, 0.4) is 0 Å². The summed E-state index contributed by atoms with van der Waals surface area (Å²) in [7, 11) is 0. The minimum atomic E-state index is -0.540. The molecule has 2 rings (SSSR count). The Balaban J connectivity index is 2.58. The predicted molar refractivity (Wildman–Crippen MR) is 50.3 cm³/mol. The minimum Gasteiger partial charge on any atom is -0.364 e. The topological polar surface area (TPSA) is 84.7 Å². The highest BCUT2D eigenvalue weighted by molar-refractivity contribution is 5.97. The summed E-state index contributed by atoms with van der Waals surface area (Å²) in [5.74, 6) is -0.540. The van der Waals surface area contributed by atoms with E-state index in [2.05, 4.69) is 15.2 Å². The molecule has 0 fully saturated rings. The number of aromatic nitrogens is 3. The van der Waals surface area contributed by atoms with Crippen molar-refractivity contribution in [3.63, 3.8) is 0 Å². The molecule has 0 saturated carbocycles. The van der Waals surface area contributed by atoms with Crippen molar-refractivity contribution in [1.29, 1.82) is 0 Å². The first-order valence-corrected chi connectivity index (χ1v) is 4.03. The number of carbonyl (C=O) groups excluding carboxylic acids is 1. The van der Waals surface area contributed by atoms with Gasteiger partial charge < -0.3 is 5.73 Å². The fraction of sp³-hybridized carbons (Fsp3) is 0. The number of nitrogens with two attached hydrogens (primary N) is 1. The second-order valence-corrected chi connectivity index (χ2v) is 2.75. The van der Waals surface area contributed by atoms with Crippen LogP contribution in [-0.4, -0.2) is 21.1 Å². The molecule has 0 aliphatic rings. The lowest BCUT2D eigenvalue weighted by molar-refractivity contribution is 0.0996. The Morgan fingerprint density at radius 2 is 2.36 bits per heavy atom. The molecule has 1 amide bonds. The molecule has 0 saturated heterocycles. The third-order valence-corrected chi connectivity index (χ3v) is 1.85. The van der Waals surface area contributed by atoms with Crippen LogP contribution in [0.2, 0.25) is 0 Å². The molecule has 5 heteroatoms. The maximum absolute atomic E-state index is 11.0. The van der Waals surface area contributed by atoms with Crippen molar-refractivity contribution in [2.24, 2.45) is 5.73 Å². The van der Waals surface area contributed by atoms with Crippen LogP contribution in [0.15, 0.2) is 30.7 Å². The highest BCUT2D eigenvalue weighted by atomic mass is 16.1. The molecule has 0 aliphatic carbocycles. The van der Waals surface area contributed by atoms with E-state index in [0.717, 1.165) is 5.56 Å². The van der Waals surface area contributed by atoms with Crippen molar-refractivity contribution in [1.82, 2.24) is 15.2 Å². The summed E-state index contributed by atoms with van der Waals surface area (Å²) in [5.41, 5.74) is 6.93. The average molecular weight is 188 g/mol. The van der Waals surface area contributed by atoms with Gasteiger partial charge in [0.05, 0.1) is 6.20 Å². The predicted octanol–water partition coefficient (Wildman–Crippen LogP) is 0.571. The Kier molecular flexibility index (Phi) is 1.98. The van der Waals surface area contributed by atoms with Gasteiger partial charge in [-0.15, -0.1) is 0 Å². The number of hydrogen-bond acceptors (Lipinski definition) is 3. The Morgan fingerprint density at radius 3 is 3.00 bits per heavy atom. The van der Waals surface area contributed by atoms with E-state index in [-0.39, 0.29) is 5.69 Å². The van der Waals surface area contributed by atoms with Crippen molar-refractivity contribution in [2.45, 2.75) is 0 Å². The zero-order valence-electron chi connectivity index (χ0n) is 7.27. The molecule has 0 aromatic carbocycles. The molecule has 3 N–H and O–H groups in total. The van der Waals surface area contributed by atoms with Gasteiger partial charge in [0.2, 0.25) is 0 Å². The smallest absolute Gasteiger partial charge is 0.267 e. The molecule has 0 spiro atoms. The molecule has 0 atom stereocenters. The number of nitrogens with one attached hydrogen (secondary N) is 1. The number of hydrogen-bond donors (Lipinski definition) is 2. The van der Waals surface area contributed by atoms with Crippen LogP contribution < -0.4 is 5.73 Å². The van der Waals surface area contributed by atoms with E-state index >= 15 is 0 Å². The number of rotatable bonds is 2. The van der Waals surface area contributed by atoms with Crippen LogP contribution in [0.25, 0.3) is 11.1 Å². The van der Waals surface area contributed by atoms with Crippen LogP contribution in [0.1, 0.15) is 10.5 Å². The van der Waals surface area contributed by atoms with Crippen LogP contribution >= 0.6 is 0 Å². The fourth-order valence-electron chi connectivity index (χ4n) is 1.23. The summed E-state index contributed by atoms with van der Waals surface area (Å²) in [6.07, 6.45) is 4.83. The SMILES string of the molecule is NC(=O)c1ncccc1-c1cn[nH]c1. The van der Waals surface area contributed by atoms with Crippen molar-refractivity contribution < 1.29 is 4.79 Å². The summed E-state index contributed by atoms with van der Waals surface area (Å²) in [4.78, 5) is 15.0. The van der Waals surface area contributed by atoms with Crippen molar-refractivity contribution in [2.75, 3.05) is 0 Å². The number of amides is 1. The molecular formula is C9H8N4O. The summed E-state index contributed by atoms with van der Waals surface area (Å²) >= 11 is 0. The monoisotopic (exact) mass is 188 g/mol. The highest BCUT2D eigenvalue weighted by Gasteiger charge is 2.10. The maximum atomic E-state index is 11.0. The van der Waals surface area contributed by atoms with Crippen LogP contribution in [-0.2, 0) is 0 Å². The molecule has 70 valence electrons. The Labute approximate surface area is 80.0 Å². The second kappa shape index (κ2) is 3.29. The number of nitrogens with zero attached hydrogens (tertiary/aromatic N) is 2. The minimum absolute atomic E-state index is 0.258. The first kappa shape index (κ1) is 8.43. The van der Waals surface area contributed by atoms with Crippen molar-refractivity contribution in [3.05, 3.63) is 36.4 Å². The van der Waals surface area contributed by atoms with Gasteiger partial charge in [-0.25, -0.2) is 0 Å². The Hall–Kier alpha value is -2.17.